The Balaban J connectivity index is 1.27. The van der Waals surface area contributed by atoms with Gasteiger partial charge >= 0.3 is 5.97 Å². The maximum Gasteiger partial charge on any atom is 0.326 e. The summed E-state index contributed by atoms with van der Waals surface area (Å²) < 4.78 is 15.8. The molecule has 1 aromatic rings. The van der Waals surface area contributed by atoms with Gasteiger partial charge in [-0.1, -0.05) is 12.2 Å². The van der Waals surface area contributed by atoms with Crippen molar-refractivity contribution in [2.75, 3.05) is 31.7 Å². The first kappa shape index (κ1) is 19.0. The predicted molar refractivity (Wildman–Crippen MR) is 99.1 cm³/mol. The third-order valence-electron chi connectivity index (χ3n) is 5.08. The number of rotatable bonds is 5. The highest BCUT2D eigenvalue weighted by Gasteiger charge is 2.47. The maximum absolute atomic E-state index is 12.3. The monoisotopic (exact) mass is 400 g/mol. The summed E-state index contributed by atoms with van der Waals surface area (Å²) in [6.45, 7) is -0.123. The molecule has 4 rings (SSSR count). The SMILES string of the molecule is O=C(COC(=O)CN1C(=O)[C@@H]2CC=CC[C@H]2C1=O)Nc1ccc2c(c1)OCCO2. The zero-order chi connectivity index (χ0) is 20.4. The molecule has 2 atom stereocenters. The van der Waals surface area contributed by atoms with E-state index in [1.807, 2.05) is 12.2 Å². The Kier molecular flexibility index (Phi) is 5.20. The van der Waals surface area contributed by atoms with Crippen LogP contribution < -0.4 is 14.8 Å². The summed E-state index contributed by atoms with van der Waals surface area (Å²) in [5, 5.41) is 2.59. The molecular formula is C20H20N2O7. The first-order valence-corrected chi connectivity index (χ1v) is 9.38. The minimum atomic E-state index is -0.810. The van der Waals surface area contributed by atoms with Gasteiger partial charge in [-0.15, -0.1) is 0 Å². The van der Waals surface area contributed by atoms with Crippen molar-refractivity contribution in [1.29, 1.82) is 0 Å². The van der Waals surface area contributed by atoms with Crippen LogP contribution in [0.2, 0.25) is 0 Å². The van der Waals surface area contributed by atoms with Gasteiger partial charge < -0.3 is 19.5 Å². The van der Waals surface area contributed by atoms with E-state index in [-0.39, 0.29) is 11.8 Å². The van der Waals surface area contributed by atoms with Crippen molar-refractivity contribution < 1.29 is 33.4 Å². The Morgan fingerprint density at radius 3 is 2.38 bits per heavy atom. The molecule has 2 aliphatic heterocycles. The minimum absolute atomic E-state index is 0.359. The molecule has 3 amide bonds. The largest absolute Gasteiger partial charge is 0.486 e. The summed E-state index contributed by atoms with van der Waals surface area (Å²) >= 11 is 0. The third kappa shape index (κ3) is 3.94. The molecule has 2 heterocycles. The van der Waals surface area contributed by atoms with Crippen LogP contribution in [0.4, 0.5) is 5.69 Å². The van der Waals surface area contributed by atoms with Gasteiger partial charge in [-0.05, 0) is 25.0 Å². The molecule has 1 fully saturated rings. The number of imide groups is 1. The maximum atomic E-state index is 12.3. The lowest BCUT2D eigenvalue weighted by molar-refractivity contribution is -0.154. The summed E-state index contributed by atoms with van der Waals surface area (Å²) in [5.41, 5.74) is 0.469. The Hall–Kier alpha value is -3.36. The molecule has 9 heteroatoms. The number of hydrogen-bond donors (Lipinski definition) is 1. The zero-order valence-electron chi connectivity index (χ0n) is 15.6. The molecule has 29 heavy (non-hydrogen) atoms. The lowest BCUT2D eigenvalue weighted by Gasteiger charge is -2.19. The quantitative estimate of drug-likeness (QED) is 0.444. The van der Waals surface area contributed by atoms with Gasteiger partial charge in [0.05, 0.1) is 11.8 Å². The molecule has 0 bridgehead atoms. The summed E-state index contributed by atoms with van der Waals surface area (Å²) in [5.74, 6) is -1.77. The number of carbonyl (C=O) groups excluding carboxylic acids is 4. The summed E-state index contributed by atoms with van der Waals surface area (Å²) in [6.07, 6.45) is 4.74. The van der Waals surface area contributed by atoms with E-state index >= 15 is 0 Å². The van der Waals surface area contributed by atoms with Crippen molar-refractivity contribution in [3.05, 3.63) is 30.4 Å². The molecule has 1 saturated heterocycles. The fourth-order valence-corrected chi connectivity index (χ4v) is 3.66. The van der Waals surface area contributed by atoms with E-state index in [1.165, 1.54) is 0 Å². The number of ether oxygens (including phenoxy) is 3. The molecule has 1 aromatic carbocycles. The second-order valence-corrected chi connectivity index (χ2v) is 6.99. The molecule has 1 N–H and O–H groups in total. The van der Waals surface area contributed by atoms with Crippen LogP contribution in [-0.4, -0.2) is 55.0 Å². The van der Waals surface area contributed by atoms with E-state index in [0.29, 0.717) is 43.2 Å². The lowest BCUT2D eigenvalue weighted by Crippen LogP contribution is -2.37. The summed E-state index contributed by atoms with van der Waals surface area (Å²) in [4.78, 5) is 49.7. The summed E-state index contributed by atoms with van der Waals surface area (Å²) in [6, 6.07) is 4.94. The van der Waals surface area contributed by atoms with E-state index in [4.69, 9.17) is 14.2 Å². The van der Waals surface area contributed by atoms with Gasteiger partial charge in [0.1, 0.15) is 19.8 Å². The highest BCUT2D eigenvalue weighted by molar-refractivity contribution is 6.07. The van der Waals surface area contributed by atoms with Crippen molar-refractivity contribution in [2.24, 2.45) is 11.8 Å². The number of esters is 1. The molecule has 152 valence electrons. The van der Waals surface area contributed by atoms with Gasteiger partial charge in [-0.25, -0.2) is 0 Å². The van der Waals surface area contributed by atoms with Crippen molar-refractivity contribution in [1.82, 2.24) is 4.90 Å². The van der Waals surface area contributed by atoms with Gasteiger partial charge in [0, 0.05) is 11.8 Å². The molecule has 0 radical (unpaired) electrons. The normalized spacial score (nSPS) is 22.3. The first-order valence-electron chi connectivity index (χ1n) is 9.38. The smallest absolute Gasteiger partial charge is 0.326 e. The van der Waals surface area contributed by atoms with Crippen LogP contribution in [0.1, 0.15) is 12.8 Å². The first-order chi connectivity index (χ1) is 14.0. The Bertz CT molecular complexity index is 869. The highest BCUT2D eigenvalue weighted by Crippen LogP contribution is 2.35. The van der Waals surface area contributed by atoms with Crippen LogP contribution in [0.15, 0.2) is 30.4 Å². The number of nitrogens with one attached hydrogen (secondary N) is 1. The second kappa shape index (κ2) is 7.94. The van der Waals surface area contributed by atoms with Crippen LogP contribution in [-0.2, 0) is 23.9 Å². The third-order valence-corrected chi connectivity index (χ3v) is 5.08. The minimum Gasteiger partial charge on any atom is -0.486 e. The Morgan fingerprint density at radius 2 is 1.69 bits per heavy atom. The molecule has 9 nitrogen and oxygen atoms in total. The van der Waals surface area contributed by atoms with Crippen LogP contribution >= 0.6 is 0 Å². The highest BCUT2D eigenvalue weighted by atomic mass is 16.6. The van der Waals surface area contributed by atoms with Crippen LogP contribution in [0.3, 0.4) is 0 Å². The number of nitrogens with zero attached hydrogens (tertiary/aromatic N) is 1. The standard InChI is InChI=1S/C20H20N2O7/c23-17(21-12-5-6-15-16(9-12)28-8-7-27-15)11-29-18(24)10-22-19(25)13-3-1-2-4-14(13)20(22)26/h1-2,5-6,9,13-14H,3-4,7-8,10-11H2,(H,21,23)/t13-,14-/m1/s1. The van der Waals surface area contributed by atoms with Gasteiger partial charge in [0.15, 0.2) is 18.1 Å². The fourth-order valence-electron chi connectivity index (χ4n) is 3.66. The zero-order valence-corrected chi connectivity index (χ0v) is 15.6. The number of hydrogen-bond acceptors (Lipinski definition) is 7. The number of allylic oxidation sites excluding steroid dienone is 2. The second-order valence-electron chi connectivity index (χ2n) is 6.99. The number of carbonyl (C=O) groups is 4. The van der Waals surface area contributed by atoms with E-state index in [9.17, 15) is 19.2 Å². The molecule has 0 saturated carbocycles. The number of benzene rings is 1. The van der Waals surface area contributed by atoms with E-state index in [1.54, 1.807) is 18.2 Å². The average molecular weight is 400 g/mol. The van der Waals surface area contributed by atoms with Crippen LogP contribution in [0, 0.1) is 11.8 Å². The van der Waals surface area contributed by atoms with Crippen molar-refractivity contribution >= 4 is 29.4 Å². The molecule has 0 aromatic heterocycles. The van der Waals surface area contributed by atoms with E-state index < -0.39 is 36.9 Å². The number of fused-ring (bicyclic) bond motifs is 2. The number of likely N-dealkylation sites (tertiary alicyclic amines) is 1. The average Bonchev–Trinajstić information content (AvgIpc) is 2.97. The molecule has 3 aliphatic rings. The molecule has 1 aliphatic carbocycles. The van der Waals surface area contributed by atoms with Gasteiger partial charge in [-0.3, -0.25) is 24.1 Å². The number of anilines is 1. The Labute approximate surface area is 166 Å². The Morgan fingerprint density at radius 1 is 1.03 bits per heavy atom. The fraction of sp³-hybridized carbons (Fsp3) is 0.400. The van der Waals surface area contributed by atoms with Crippen molar-refractivity contribution in [3.63, 3.8) is 0 Å². The van der Waals surface area contributed by atoms with Crippen LogP contribution in [0.25, 0.3) is 0 Å². The molecule has 0 unspecified atom stereocenters. The van der Waals surface area contributed by atoms with Gasteiger partial charge in [0.2, 0.25) is 11.8 Å². The van der Waals surface area contributed by atoms with Gasteiger partial charge in [-0.2, -0.15) is 0 Å². The number of amides is 3. The van der Waals surface area contributed by atoms with Crippen LogP contribution in [0.5, 0.6) is 11.5 Å². The predicted octanol–water partition coefficient (Wildman–Crippen LogP) is 0.891. The lowest BCUT2D eigenvalue weighted by atomic mass is 9.85. The molecular weight excluding hydrogens is 380 g/mol. The van der Waals surface area contributed by atoms with Crippen molar-refractivity contribution in [3.8, 4) is 11.5 Å². The van der Waals surface area contributed by atoms with Crippen molar-refractivity contribution in [2.45, 2.75) is 12.8 Å². The van der Waals surface area contributed by atoms with Gasteiger partial charge in [0.25, 0.3) is 5.91 Å². The molecule has 0 spiro atoms. The van der Waals surface area contributed by atoms with E-state index in [0.717, 1.165) is 4.90 Å². The van der Waals surface area contributed by atoms with E-state index in [2.05, 4.69) is 5.32 Å². The summed E-state index contributed by atoms with van der Waals surface area (Å²) in [7, 11) is 0. The topological polar surface area (TPSA) is 111 Å².